The molecule has 0 atom stereocenters. The van der Waals surface area contributed by atoms with Crippen molar-refractivity contribution in [2.24, 2.45) is 0 Å². The van der Waals surface area contributed by atoms with Crippen LogP contribution in [0.1, 0.15) is 16.3 Å². The number of thiazole rings is 2. The molecule has 0 N–H and O–H groups in total. The number of hydrogen-bond acceptors (Lipinski definition) is 6. The summed E-state index contributed by atoms with van der Waals surface area (Å²) in [5, 5.41) is 12.3. The monoisotopic (exact) mass is 391 g/mol. The molecule has 126 valence electrons. The van der Waals surface area contributed by atoms with Crippen molar-refractivity contribution in [3.63, 3.8) is 0 Å². The summed E-state index contributed by atoms with van der Waals surface area (Å²) in [6.45, 7) is 0. The minimum Gasteiger partial charge on any atom is -0.239 e. The SMILES string of the molecule is N#CC(=Cc1ccccc1)c1nc(CSc2nc3ccccc3s2)cs1. The molecule has 0 saturated carbocycles. The zero-order chi connectivity index (χ0) is 17.8. The van der Waals surface area contributed by atoms with Crippen molar-refractivity contribution in [3.05, 3.63) is 76.2 Å². The Morgan fingerprint density at radius 3 is 2.69 bits per heavy atom. The van der Waals surface area contributed by atoms with E-state index in [4.69, 9.17) is 0 Å². The number of aromatic nitrogens is 2. The van der Waals surface area contributed by atoms with E-state index in [1.54, 1.807) is 23.1 Å². The molecule has 0 saturated heterocycles. The van der Waals surface area contributed by atoms with E-state index in [0.717, 1.165) is 31.9 Å². The summed E-state index contributed by atoms with van der Waals surface area (Å²) in [5.74, 6) is 0.750. The fourth-order valence-electron chi connectivity index (χ4n) is 2.40. The van der Waals surface area contributed by atoms with E-state index in [-0.39, 0.29) is 0 Å². The van der Waals surface area contributed by atoms with Crippen LogP contribution in [0.25, 0.3) is 21.9 Å². The van der Waals surface area contributed by atoms with Gasteiger partial charge >= 0.3 is 0 Å². The van der Waals surface area contributed by atoms with E-state index in [1.807, 2.05) is 60.0 Å². The summed E-state index contributed by atoms with van der Waals surface area (Å²) in [5.41, 5.74) is 3.61. The fourth-order valence-corrected chi connectivity index (χ4v) is 5.25. The molecule has 0 aliphatic carbocycles. The van der Waals surface area contributed by atoms with Crippen LogP contribution in [-0.4, -0.2) is 9.97 Å². The van der Waals surface area contributed by atoms with Gasteiger partial charge in [0.15, 0.2) is 4.34 Å². The van der Waals surface area contributed by atoms with Crippen molar-refractivity contribution in [1.82, 2.24) is 9.97 Å². The Balaban J connectivity index is 1.49. The van der Waals surface area contributed by atoms with Crippen LogP contribution in [0.15, 0.2) is 64.3 Å². The van der Waals surface area contributed by atoms with Crippen LogP contribution < -0.4 is 0 Å². The Bertz CT molecular complexity index is 1070. The quantitative estimate of drug-likeness (QED) is 0.304. The van der Waals surface area contributed by atoms with Gasteiger partial charge in [-0.15, -0.1) is 22.7 Å². The average molecular weight is 392 g/mol. The predicted molar refractivity (Wildman–Crippen MR) is 111 cm³/mol. The fraction of sp³-hybridized carbons (Fsp3) is 0.0500. The molecule has 0 fully saturated rings. The van der Waals surface area contributed by atoms with Gasteiger partial charge in [0.25, 0.3) is 0 Å². The van der Waals surface area contributed by atoms with E-state index >= 15 is 0 Å². The number of nitrogens with zero attached hydrogens (tertiary/aromatic N) is 3. The van der Waals surface area contributed by atoms with Gasteiger partial charge in [-0.1, -0.05) is 54.2 Å². The lowest BCUT2D eigenvalue weighted by Crippen LogP contribution is -1.84. The van der Waals surface area contributed by atoms with Gasteiger partial charge < -0.3 is 0 Å². The zero-order valence-electron chi connectivity index (χ0n) is 13.6. The standard InChI is InChI=1S/C20H13N3S3/c21-11-15(10-14-6-2-1-3-7-14)19-22-16(12-24-19)13-25-20-23-17-8-4-5-9-18(17)26-20/h1-10,12H,13H2. The molecule has 6 heteroatoms. The number of rotatable bonds is 5. The molecule has 3 nitrogen and oxygen atoms in total. The summed E-state index contributed by atoms with van der Waals surface area (Å²) < 4.78 is 2.24. The molecule has 4 rings (SSSR count). The molecule has 0 amide bonds. The molecule has 0 spiro atoms. The molecule has 2 aromatic carbocycles. The van der Waals surface area contributed by atoms with Gasteiger partial charge in [0.1, 0.15) is 11.1 Å². The van der Waals surface area contributed by atoms with Crippen molar-refractivity contribution >= 4 is 56.3 Å². The van der Waals surface area contributed by atoms with Crippen molar-refractivity contribution < 1.29 is 0 Å². The van der Waals surface area contributed by atoms with Gasteiger partial charge in [0.2, 0.25) is 0 Å². The van der Waals surface area contributed by atoms with Gasteiger partial charge in [0, 0.05) is 11.1 Å². The van der Waals surface area contributed by atoms with Crippen molar-refractivity contribution in [2.45, 2.75) is 10.1 Å². The Morgan fingerprint density at radius 1 is 1.08 bits per heavy atom. The van der Waals surface area contributed by atoms with Crippen molar-refractivity contribution in [1.29, 1.82) is 5.26 Å². The molecule has 2 aromatic heterocycles. The second-order valence-corrected chi connectivity index (χ2v) is 8.57. The van der Waals surface area contributed by atoms with Crippen LogP contribution in [0.3, 0.4) is 0 Å². The first-order chi connectivity index (χ1) is 12.8. The third-order valence-electron chi connectivity index (χ3n) is 3.63. The van der Waals surface area contributed by atoms with Crippen molar-refractivity contribution in [3.8, 4) is 6.07 Å². The van der Waals surface area contributed by atoms with E-state index in [1.165, 1.54) is 16.0 Å². The van der Waals surface area contributed by atoms with Crippen LogP contribution in [0, 0.1) is 11.3 Å². The maximum absolute atomic E-state index is 9.47. The van der Waals surface area contributed by atoms with Gasteiger partial charge in [0.05, 0.1) is 21.5 Å². The van der Waals surface area contributed by atoms with Crippen LogP contribution in [0.5, 0.6) is 0 Å². The first-order valence-electron chi connectivity index (χ1n) is 7.92. The smallest absolute Gasteiger partial charge is 0.151 e. The molecular formula is C20H13N3S3. The molecular weight excluding hydrogens is 378 g/mol. The number of fused-ring (bicyclic) bond motifs is 1. The topological polar surface area (TPSA) is 49.6 Å². The highest BCUT2D eigenvalue weighted by Crippen LogP contribution is 2.32. The number of para-hydroxylation sites is 1. The van der Waals surface area contributed by atoms with E-state index in [2.05, 4.69) is 22.1 Å². The first kappa shape index (κ1) is 17.0. The summed E-state index contributed by atoms with van der Waals surface area (Å²) in [7, 11) is 0. The van der Waals surface area contributed by atoms with Gasteiger partial charge in [-0.25, -0.2) is 9.97 Å². The van der Waals surface area contributed by atoms with E-state index < -0.39 is 0 Å². The van der Waals surface area contributed by atoms with Crippen molar-refractivity contribution in [2.75, 3.05) is 0 Å². The van der Waals surface area contributed by atoms with Crippen LogP contribution >= 0.6 is 34.4 Å². The summed E-state index contributed by atoms with van der Waals surface area (Å²) >= 11 is 4.89. The molecule has 2 heterocycles. The average Bonchev–Trinajstić information content (AvgIpc) is 3.31. The third kappa shape index (κ3) is 3.86. The predicted octanol–water partition coefficient (Wildman–Crippen LogP) is 6.11. The molecule has 0 aliphatic heterocycles. The molecule has 0 radical (unpaired) electrons. The lowest BCUT2D eigenvalue weighted by molar-refractivity contribution is 1.21. The lowest BCUT2D eigenvalue weighted by Gasteiger charge is -1.95. The second kappa shape index (κ2) is 7.83. The van der Waals surface area contributed by atoms with Gasteiger partial charge in [-0.2, -0.15) is 5.26 Å². The summed E-state index contributed by atoms with van der Waals surface area (Å²) in [4.78, 5) is 9.27. The molecule has 0 aliphatic rings. The highest BCUT2D eigenvalue weighted by molar-refractivity contribution is 8.00. The number of hydrogen-bond donors (Lipinski definition) is 0. The van der Waals surface area contributed by atoms with Gasteiger partial charge in [-0.3, -0.25) is 0 Å². The number of benzene rings is 2. The minimum absolute atomic E-state index is 0.595. The van der Waals surface area contributed by atoms with Gasteiger partial charge in [-0.05, 0) is 23.8 Å². The maximum atomic E-state index is 9.47. The largest absolute Gasteiger partial charge is 0.239 e. The maximum Gasteiger partial charge on any atom is 0.151 e. The zero-order valence-corrected chi connectivity index (χ0v) is 16.1. The Labute approximate surface area is 163 Å². The highest BCUT2D eigenvalue weighted by atomic mass is 32.2. The Hall–Kier alpha value is -2.46. The number of allylic oxidation sites excluding steroid dienone is 1. The molecule has 0 bridgehead atoms. The minimum atomic E-state index is 0.595. The van der Waals surface area contributed by atoms with Crippen LogP contribution in [0.4, 0.5) is 0 Å². The van der Waals surface area contributed by atoms with E-state index in [0.29, 0.717) is 5.57 Å². The molecule has 4 aromatic rings. The molecule has 26 heavy (non-hydrogen) atoms. The lowest BCUT2D eigenvalue weighted by atomic mass is 10.1. The normalized spacial score (nSPS) is 11.6. The summed E-state index contributed by atoms with van der Waals surface area (Å²) in [6.07, 6.45) is 1.88. The highest BCUT2D eigenvalue weighted by Gasteiger charge is 2.10. The Kier molecular flexibility index (Phi) is 5.12. The first-order valence-corrected chi connectivity index (χ1v) is 10.6. The number of thioether (sulfide) groups is 1. The van der Waals surface area contributed by atoms with Crippen LogP contribution in [-0.2, 0) is 5.75 Å². The van der Waals surface area contributed by atoms with Crippen LogP contribution in [0.2, 0.25) is 0 Å². The summed E-state index contributed by atoms with van der Waals surface area (Å²) in [6, 6.07) is 20.3. The number of nitriles is 1. The Morgan fingerprint density at radius 2 is 1.88 bits per heavy atom. The second-order valence-electron chi connectivity index (χ2n) is 5.46. The molecule has 0 unspecified atom stereocenters. The van der Waals surface area contributed by atoms with E-state index in [9.17, 15) is 5.26 Å². The third-order valence-corrected chi connectivity index (χ3v) is 6.77.